The molecule has 2 atom stereocenters. The zero-order valence-corrected chi connectivity index (χ0v) is 11.9. The average molecular weight is 257 g/mol. The highest BCUT2D eigenvalue weighted by atomic mass is 16.6. The molecule has 18 heavy (non-hydrogen) atoms. The number of aliphatic imine (C=N–C) groups is 1. The minimum absolute atomic E-state index is 0.0487. The predicted molar refractivity (Wildman–Crippen MR) is 69.9 cm³/mol. The third kappa shape index (κ3) is 7.17. The highest BCUT2D eigenvalue weighted by Gasteiger charge is 2.21. The summed E-state index contributed by atoms with van der Waals surface area (Å²) in [6, 6.07) is -0.399. The molecule has 0 saturated heterocycles. The van der Waals surface area contributed by atoms with Crippen LogP contribution in [0.1, 0.15) is 34.1 Å². The Morgan fingerprint density at radius 2 is 1.78 bits per heavy atom. The van der Waals surface area contributed by atoms with Gasteiger partial charge in [0.2, 0.25) is 0 Å². The maximum Gasteiger partial charge on any atom is 0.309 e. The fourth-order valence-electron chi connectivity index (χ4n) is 1.38. The number of methoxy groups -OCH3 is 1. The standard InChI is InChI=1S/C13H23NO4/c1-9(2)14-11(4)12(15)8-10(3)13(16)18-7-6-17-5/h10-11H,6-8H2,1-5H3/t10?,11-/m0/s1. The number of ether oxygens (including phenoxy) is 2. The lowest BCUT2D eigenvalue weighted by Gasteiger charge is -2.12. The van der Waals surface area contributed by atoms with Crippen molar-refractivity contribution in [1.82, 2.24) is 0 Å². The highest BCUT2D eigenvalue weighted by molar-refractivity contribution is 5.90. The van der Waals surface area contributed by atoms with Gasteiger partial charge in [-0.3, -0.25) is 14.6 Å². The van der Waals surface area contributed by atoms with E-state index in [1.165, 1.54) is 7.11 Å². The van der Waals surface area contributed by atoms with Crippen LogP contribution in [0.5, 0.6) is 0 Å². The Kier molecular flexibility index (Phi) is 8.20. The summed E-state index contributed by atoms with van der Waals surface area (Å²) in [5, 5.41) is 0. The van der Waals surface area contributed by atoms with Crippen LogP contribution in [0.3, 0.4) is 0 Å². The molecule has 0 amide bonds. The molecule has 5 nitrogen and oxygen atoms in total. The number of ketones is 1. The Labute approximate surface area is 109 Å². The number of carbonyl (C=O) groups is 2. The summed E-state index contributed by atoms with van der Waals surface area (Å²) in [5.74, 6) is -0.860. The topological polar surface area (TPSA) is 65.0 Å². The zero-order chi connectivity index (χ0) is 14.1. The van der Waals surface area contributed by atoms with Crippen LogP contribution in [0, 0.1) is 5.92 Å². The van der Waals surface area contributed by atoms with Crippen molar-refractivity contribution in [3.8, 4) is 0 Å². The number of hydrogen-bond acceptors (Lipinski definition) is 5. The van der Waals surface area contributed by atoms with Crippen molar-refractivity contribution in [3.63, 3.8) is 0 Å². The van der Waals surface area contributed by atoms with Crippen LogP contribution < -0.4 is 0 Å². The number of carbonyl (C=O) groups excluding carboxylic acids is 2. The summed E-state index contributed by atoms with van der Waals surface area (Å²) in [7, 11) is 1.54. The number of Topliss-reactive ketones (excluding diaryl/α,β-unsaturated/α-hetero) is 1. The monoisotopic (exact) mass is 257 g/mol. The second-order valence-corrected chi connectivity index (χ2v) is 4.48. The first-order valence-electron chi connectivity index (χ1n) is 6.07. The maximum absolute atomic E-state index is 11.8. The van der Waals surface area contributed by atoms with E-state index in [1.807, 2.05) is 13.8 Å². The quantitative estimate of drug-likeness (QED) is 0.377. The third-order valence-electron chi connectivity index (χ3n) is 2.36. The number of esters is 1. The van der Waals surface area contributed by atoms with Crippen molar-refractivity contribution in [2.45, 2.75) is 40.2 Å². The molecule has 0 heterocycles. The summed E-state index contributed by atoms with van der Waals surface area (Å²) in [6.07, 6.45) is 0.157. The van der Waals surface area contributed by atoms with Crippen molar-refractivity contribution in [1.29, 1.82) is 0 Å². The van der Waals surface area contributed by atoms with Crippen LogP contribution in [-0.4, -0.2) is 43.8 Å². The van der Waals surface area contributed by atoms with Crippen LogP contribution in [0.25, 0.3) is 0 Å². The summed E-state index contributed by atoms with van der Waals surface area (Å²) < 4.78 is 9.73. The summed E-state index contributed by atoms with van der Waals surface area (Å²) in [4.78, 5) is 27.5. The van der Waals surface area contributed by atoms with Gasteiger partial charge in [0.25, 0.3) is 0 Å². The lowest BCUT2D eigenvalue weighted by molar-refractivity contribution is -0.150. The Morgan fingerprint density at radius 3 is 2.28 bits per heavy atom. The van der Waals surface area contributed by atoms with Gasteiger partial charge in [-0.2, -0.15) is 0 Å². The van der Waals surface area contributed by atoms with Crippen molar-refractivity contribution in [3.05, 3.63) is 0 Å². The third-order valence-corrected chi connectivity index (χ3v) is 2.36. The van der Waals surface area contributed by atoms with Gasteiger partial charge >= 0.3 is 5.97 Å². The second kappa shape index (κ2) is 8.80. The molecule has 0 saturated carbocycles. The molecule has 0 radical (unpaired) electrons. The van der Waals surface area contributed by atoms with Gasteiger partial charge < -0.3 is 9.47 Å². The molecule has 0 aliphatic rings. The lowest BCUT2D eigenvalue weighted by atomic mass is 10.0. The molecule has 0 aromatic carbocycles. The van der Waals surface area contributed by atoms with Gasteiger partial charge in [-0.05, 0) is 20.8 Å². The van der Waals surface area contributed by atoms with Crippen molar-refractivity contribution in [2.24, 2.45) is 10.9 Å². The van der Waals surface area contributed by atoms with Crippen molar-refractivity contribution >= 4 is 17.5 Å². The van der Waals surface area contributed by atoms with E-state index < -0.39 is 12.0 Å². The summed E-state index contributed by atoms with van der Waals surface area (Å²) in [6.45, 7) is 7.68. The van der Waals surface area contributed by atoms with Gasteiger partial charge in [-0.1, -0.05) is 6.92 Å². The first-order valence-corrected chi connectivity index (χ1v) is 6.07. The Hall–Kier alpha value is -1.23. The normalized spacial score (nSPS) is 13.6. The first-order chi connectivity index (χ1) is 8.38. The van der Waals surface area contributed by atoms with Crippen LogP contribution in [0.15, 0.2) is 4.99 Å². The molecule has 1 unspecified atom stereocenters. The minimum Gasteiger partial charge on any atom is -0.463 e. The molecule has 0 spiro atoms. The first kappa shape index (κ1) is 16.8. The Bertz CT molecular complexity index is 308. The Balaban J connectivity index is 4.14. The molecule has 0 bridgehead atoms. The fourth-order valence-corrected chi connectivity index (χ4v) is 1.38. The highest BCUT2D eigenvalue weighted by Crippen LogP contribution is 2.09. The summed E-state index contributed by atoms with van der Waals surface area (Å²) >= 11 is 0. The van der Waals surface area contributed by atoms with Gasteiger partial charge in [0.15, 0.2) is 5.78 Å². The van der Waals surface area contributed by atoms with Gasteiger partial charge in [0.05, 0.1) is 12.5 Å². The van der Waals surface area contributed by atoms with Gasteiger partial charge in [0.1, 0.15) is 12.6 Å². The van der Waals surface area contributed by atoms with Crippen LogP contribution in [-0.2, 0) is 19.1 Å². The molecule has 0 fully saturated rings. The van der Waals surface area contributed by atoms with E-state index in [1.54, 1.807) is 13.8 Å². The fraction of sp³-hybridized carbons (Fsp3) is 0.769. The molecule has 0 N–H and O–H groups in total. The molecular formula is C13H23NO4. The van der Waals surface area contributed by atoms with E-state index >= 15 is 0 Å². The SMILES string of the molecule is COCCOC(=O)C(C)CC(=O)[C@H](C)N=C(C)C. The predicted octanol–water partition coefficient (Wildman–Crippen LogP) is 1.64. The second-order valence-electron chi connectivity index (χ2n) is 4.48. The lowest BCUT2D eigenvalue weighted by Crippen LogP contribution is -2.24. The van der Waals surface area contributed by atoms with Crippen molar-refractivity contribution < 1.29 is 19.1 Å². The van der Waals surface area contributed by atoms with E-state index in [2.05, 4.69) is 4.99 Å². The minimum atomic E-state index is -0.441. The molecule has 0 rings (SSSR count). The zero-order valence-electron chi connectivity index (χ0n) is 11.9. The van der Waals surface area contributed by atoms with Crippen molar-refractivity contribution in [2.75, 3.05) is 20.3 Å². The average Bonchev–Trinajstić information content (AvgIpc) is 2.28. The maximum atomic E-state index is 11.8. The van der Waals surface area contributed by atoms with E-state index in [0.717, 1.165) is 5.71 Å². The Morgan fingerprint density at radius 1 is 1.17 bits per heavy atom. The molecule has 0 aliphatic carbocycles. The smallest absolute Gasteiger partial charge is 0.309 e. The van der Waals surface area contributed by atoms with Crippen LogP contribution in [0.4, 0.5) is 0 Å². The molecule has 0 aromatic rings. The number of rotatable bonds is 8. The van der Waals surface area contributed by atoms with Gasteiger partial charge in [0, 0.05) is 19.2 Å². The van der Waals surface area contributed by atoms with Crippen LogP contribution >= 0.6 is 0 Å². The van der Waals surface area contributed by atoms with Gasteiger partial charge in [-0.25, -0.2) is 0 Å². The molecule has 104 valence electrons. The number of hydrogen-bond donors (Lipinski definition) is 0. The van der Waals surface area contributed by atoms with E-state index in [0.29, 0.717) is 6.61 Å². The largest absolute Gasteiger partial charge is 0.463 e. The molecular weight excluding hydrogens is 234 g/mol. The molecule has 0 aliphatic heterocycles. The van der Waals surface area contributed by atoms with E-state index in [4.69, 9.17) is 9.47 Å². The van der Waals surface area contributed by atoms with Crippen LogP contribution in [0.2, 0.25) is 0 Å². The van der Waals surface area contributed by atoms with E-state index in [9.17, 15) is 9.59 Å². The number of nitrogens with zero attached hydrogens (tertiary/aromatic N) is 1. The van der Waals surface area contributed by atoms with Gasteiger partial charge in [-0.15, -0.1) is 0 Å². The summed E-state index contributed by atoms with van der Waals surface area (Å²) in [5.41, 5.74) is 0.853. The molecule has 0 aromatic heterocycles. The van der Waals surface area contributed by atoms with E-state index in [-0.39, 0.29) is 24.8 Å². The molecule has 5 heteroatoms.